The van der Waals surface area contributed by atoms with E-state index in [1.54, 1.807) is 19.3 Å². The molecule has 1 aliphatic rings. The number of sulfonamides is 1. The van der Waals surface area contributed by atoms with Crippen LogP contribution in [0.15, 0.2) is 29.3 Å². The molecule has 0 atom stereocenters. The van der Waals surface area contributed by atoms with Crippen molar-refractivity contribution in [1.29, 1.82) is 0 Å². The summed E-state index contributed by atoms with van der Waals surface area (Å²) >= 11 is 0. The fourth-order valence-corrected chi connectivity index (χ4v) is 3.11. The van der Waals surface area contributed by atoms with Gasteiger partial charge in [0.05, 0.1) is 4.90 Å². The first-order valence-corrected chi connectivity index (χ1v) is 7.85. The Balaban J connectivity index is 2.04. The van der Waals surface area contributed by atoms with Crippen molar-refractivity contribution < 1.29 is 8.42 Å². The molecule has 0 unspecified atom stereocenters. The van der Waals surface area contributed by atoms with Crippen LogP contribution in [-0.2, 0) is 16.6 Å². The Labute approximate surface area is 114 Å². The molecule has 0 saturated heterocycles. The SMILES string of the molecule is C=C(C)CN(C)S(=O)(=O)c1c[nH]c(CNC2CC2)c1. The smallest absolute Gasteiger partial charge is 0.244 e. The highest BCUT2D eigenvalue weighted by molar-refractivity contribution is 7.89. The third-order valence-electron chi connectivity index (χ3n) is 3.08. The summed E-state index contributed by atoms with van der Waals surface area (Å²) in [5.41, 5.74) is 1.71. The monoisotopic (exact) mass is 283 g/mol. The molecule has 0 amide bonds. The van der Waals surface area contributed by atoms with Gasteiger partial charge in [-0.15, -0.1) is 0 Å². The molecule has 0 aromatic carbocycles. The van der Waals surface area contributed by atoms with Gasteiger partial charge in [-0.1, -0.05) is 12.2 Å². The number of nitrogens with zero attached hydrogens (tertiary/aromatic N) is 1. The van der Waals surface area contributed by atoms with Crippen LogP contribution in [0.1, 0.15) is 25.5 Å². The van der Waals surface area contributed by atoms with Crippen molar-refractivity contribution in [3.05, 3.63) is 30.1 Å². The van der Waals surface area contributed by atoms with E-state index in [0.29, 0.717) is 24.0 Å². The van der Waals surface area contributed by atoms with E-state index in [-0.39, 0.29) is 0 Å². The lowest BCUT2D eigenvalue weighted by atomic mass is 10.4. The zero-order chi connectivity index (χ0) is 14.0. The van der Waals surface area contributed by atoms with E-state index in [9.17, 15) is 8.42 Å². The van der Waals surface area contributed by atoms with Crippen LogP contribution in [0, 0.1) is 0 Å². The van der Waals surface area contributed by atoms with Gasteiger partial charge in [0.1, 0.15) is 0 Å². The highest BCUT2D eigenvalue weighted by Crippen LogP contribution is 2.20. The molecule has 1 aliphatic carbocycles. The minimum Gasteiger partial charge on any atom is -0.363 e. The summed E-state index contributed by atoms with van der Waals surface area (Å²) < 4.78 is 25.9. The average molecular weight is 283 g/mol. The topological polar surface area (TPSA) is 65.2 Å². The largest absolute Gasteiger partial charge is 0.363 e. The number of hydrogen-bond acceptors (Lipinski definition) is 3. The van der Waals surface area contributed by atoms with Crippen molar-refractivity contribution in [2.45, 2.75) is 37.2 Å². The zero-order valence-electron chi connectivity index (χ0n) is 11.4. The second kappa shape index (κ2) is 5.48. The number of aromatic nitrogens is 1. The van der Waals surface area contributed by atoms with Gasteiger partial charge in [-0.05, 0) is 25.8 Å². The summed E-state index contributed by atoms with van der Waals surface area (Å²) in [5.74, 6) is 0. The Morgan fingerprint density at radius 3 is 2.84 bits per heavy atom. The van der Waals surface area contributed by atoms with E-state index in [1.807, 2.05) is 6.92 Å². The third-order valence-corrected chi connectivity index (χ3v) is 4.86. The minimum atomic E-state index is -3.42. The van der Waals surface area contributed by atoms with Crippen LogP contribution < -0.4 is 5.32 Å². The number of hydrogen-bond donors (Lipinski definition) is 2. The van der Waals surface area contributed by atoms with Gasteiger partial charge in [-0.25, -0.2) is 8.42 Å². The summed E-state index contributed by atoms with van der Waals surface area (Å²) in [7, 11) is -1.85. The Morgan fingerprint density at radius 1 is 1.58 bits per heavy atom. The van der Waals surface area contributed by atoms with E-state index in [0.717, 1.165) is 11.3 Å². The first kappa shape index (κ1) is 14.3. The average Bonchev–Trinajstić information content (AvgIpc) is 3.02. The highest BCUT2D eigenvalue weighted by atomic mass is 32.2. The lowest BCUT2D eigenvalue weighted by Gasteiger charge is -2.15. The molecule has 6 heteroatoms. The quantitative estimate of drug-likeness (QED) is 0.745. The first-order chi connectivity index (χ1) is 8.89. The van der Waals surface area contributed by atoms with E-state index >= 15 is 0 Å². The molecule has 0 aliphatic heterocycles. The normalized spacial score (nSPS) is 15.9. The molecule has 0 radical (unpaired) electrons. The lowest BCUT2D eigenvalue weighted by molar-refractivity contribution is 0.493. The first-order valence-electron chi connectivity index (χ1n) is 6.41. The van der Waals surface area contributed by atoms with E-state index < -0.39 is 10.0 Å². The molecule has 19 heavy (non-hydrogen) atoms. The fraction of sp³-hybridized carbons (Fsp3) is 0.538. The molecule has 1 heterocycles. The second-order valence-corrected chi connectivity index (χ2v) is 7.28. The predicted octanol–water partition coefficient (Wildman–Crippen LogP) is 1.46. The zero-order valence-corrected chi connectivity index (χ0v) is 12.3. The van der Waals surface area contributed by atoms with Crippen LogP contribution >= 0.6 is 0 Å². The molecular weight excluding hydrogens is 262 g/mol. The van der Waals surface area contributed by atoms with Crippen LogP contribution in [0.2, 0.25) is 0 Å². The van der Waals surface area contributed by atoms with E-state index in [1.165, 1.54) is 17.1 Å². The number of H-pyrrole nitrogens is 1. The Hall–Kier alpha value is -1.11. The molecule has 1 aromatic rings. The van der Waals surface area contributed by atoms with Gasteiger partial charge >= 0.3 is 0 Å². The van der Waals surface area contributed by atoms with Crippen molar-refractivity contribution in [3.63, 3.8) is 0 Å². The number of aromatic amines is 1. The van der Waals surface area contributed by atoms with Gasteiger partial charge in [-0.2, -0.15) is 4.31 Å². The van der Waals surface area contributed by atoms with Gasteiger partial charge in [0.15, 0.2) is 0 Å². The van der Waals surface area contributed by atoms with Crippen molar-refractivity contribution in [2.24, 2.45) is 0 Å². The molecule has 2 rings (SSSR count). The van der Waals surface area contributed by atoms with Crippen LogP contribution in [-0.4, -0.2) is 37.3 Å². The summed E-state index contributed by atoms with van der Waals surface area (Å²) in [6.45, 7) is 6.57. The van der Waals surface area contributed by atoms with E-state index in [4.69, 9.17) is 0 Å². The maximum atomic E-state index is 12.3. The second-order valence-electron chi connectivity index (χ2n) is 5.23. The molecule has 5 nitrogen and oxygen atoms in total. The third kappa shape index (κ3) is 3.68. The molecule has 0 spiro atoms. The Bertz CT molecular complexity index is 558. The van der Waals surface area contributed by atoms with Crippen molar-refractivity contribution in [3.8, 4) is 0 Å². The summed E-state index contributed by atoms with van der Waals surface area (Å²) in [6, 6.07) is 2.30. The van der Waals surface area contributed by atoms with Gasteiger partial charge in [0, 0.05) is 38.1 Å². The van der Waals surface area contributed by atoms with Crippen molar-refractivity contribution >= 4 is 10.0 Å². The molecule has 1 aromatic heterocycles. The predicted molar refractivity (Wildman–Crippen MR) is 75.3 cm³/mol. The standard InChI is InChI=1S/C13H21N3O2S/c1-10(2)9-16(3)19(17,18)13-6-12(15-8-13)7-14-11-4-5-11/h6,8,11,14-15H,1,4-5,7,9H2,2-3H3. The maximum Gasteiger partial charge on any atom is 0.244 e. The minimum absolute atomic E-state index is 0.309. The molecular formula is C13H21N3O2S. The van der Waals surface area contributed by atoms with Gasteiger partial charge in [0.25, 0.3) is 0 Å². The Kier molecular flexibility index (Phi) is 4.13. The number of likely N-dealkylation sites (N-methyl/N-ethyl adjacent to an activating group) is 1. The van der Waals surface area contributed by atoms with Gasteiger partial charge < -0.3 is 10.3 Å². The van der Waals surface area contributed by atoms with Gasteiger partial charge in [-0.3, -0.25) is 0 Å². The van der Waals surface area contributed by atoms with Gasteiger partial charge in [0.2, 0.25) is 10.0 Å². The summed E-state index contributed by atoms with van der Waals surface area (Å²) in [4.78, 5) is 3.32. The molecule has 1 fully saturated rings. The molecule has 106 valence electrons. The fourth-order valence-electron chi connectivity index (χ4n) is 1.86. The summed E-state index contributed by atoms with van der Waals surface area (Å²) in [5, 5.41) is 3.35. The molecule has 2 N–H and O–H groups in total. The van der Waals surface area contributed by atoms with Crippen LogP contribution in [0.25, 0.3) is 0 Å². The summed E-state index contributed by atoms with van der Waals surface area (Å²) in [6.07, 6.45) is 3.98. The Morgan fingerprint density at radius 2 is 2.26 bits per heavy atom. The number of nitrogens with one attached hydrogen (secondary N) is 2. The van der Waals surface area contributed by atoms with Crippen molar-refractivity contribution in [1.82, 2.24) is 14.6 Å². The maximum absolute atomic E-state index is 12.3. The highest BCUT2D eigenvalue weighted by Gasteiger charge is 2.23. The van der Waals surface area contributed by atoms with E-state index in [2.05, 4.69) is 16.9 Å². The van der Waals surface area contributed by atoms with Crippen LogP contribution in [0.5, 0.6) is 0 Å². The van der Waals surface area contributed by atoms with Crippen LogP contribution in [0.3, 0.4) is 0 Å². The molecule has 0 bridgehead atoms. The van der Waals surface area contributed by atoms with Crippen LogP contribution in [0.4, 0.5) is 0 Å². The van der Waals surface area contributed by atoms with Crippen molar-refractivity contribution in [2.75, 3.05) is 13.6 Å². The number of rotatable bonds is 7. The lowest BCUT2D eigenvalue weighted by Crippen LogP contribution is -2.28. The molecule has 1 saturated carbocycles.